The molecule has 0 aromatic carbocycles. The molecule has 3 N–H and O–H groups in total. The second-order valence-corrected chi connectivity index (χ2v) is 3.43. The summed E-state index contributed by atoms with van der Waals surface area (Å²) in [6.45, 7) is 3.35. The number of likely N-dealkylation sites (N-methyl/N-ethyl adjacent to an activating group) is 1. The Balaban J connectivity index is 2.64. The van der Waals surface area contributed by atoms with Gasteiger partial charge in [-0.2, -0.15) is 0 Å². The fraction of sp³-hybridized carbons (Fsp3) is 0.875. The van der Waals surface area contributed by atoms with Crippen LogP contribution < -0.4 is 11.1 Å². The van der Waals surface area contributed by atoms with Crippen molar-refractivity contribution in [1.29, 1.82) is 0 Å². The Bertz CT molecular complexity index is 172. The highest BCUT2D eigenvalue weighted by Gasteiger charge is 2.26. The average molecular weight is 171 g/mol. The van der Waals surface area contributed by atoms with Gasteiger partial charge in [-0.05, 0) is 20.4 Å². The van der Waals surface area contributed by atoms with E-state index in [0.717, 1.165) is 13.0 Å². The molecule has 1 aliphatic rings. The van der Waals surface area contributed by atoms with Crippen molar-refractivity contribution in [3.63, 3.8) is 0 Å². The second-order valence-electron chi connectivity index (χ2n) is 3.43. The average Bonchev–Trinajstić information content (AvgIpc) is 2.12. The number of nitrogens with zero attached hydrogens (tertiary/aromatic N) is 1. The maximum atomic E-state index is 11.4. The fourth-order valence-electron chi connectivity index (χ4n) is 1.45. The molecule has 0 saturated carbocycles. The molecule has 0 aliphatic carbocycles. The number of hydrogen-bond donors (Lipinski definition) is 2. The Morgan fingerprint density at radius 2 is 2.42 bits per heavy atom. The molecule has 4 heteroatoms. The molecule has 0 aromatic rings. The van der Waals surface area contributed by atoms with E-state index in [2.05, 4.69) is 5.32 Å². The quantitative estimate of drug-likeness (QED) is 0.540. The molecular formula is C8H17N3O. The van der Waals surface area contributed by atoms with Gasteiger partial charge in [-0.1, -0.05) is 0 Å². The topological polar surface area (TPSA) is 58.4 Å². The molecule has 1 aliphatic heterocycles. The number of hydrogen-bond acceptors (Lipinski definition) is 3. The van der Waals surface area contributed by atoms with Gasteiger partial charge >= 0.3 is 0 Å². The highest BCUT2D eigenvalue weighted by Crippen LogP contribution is 2.04. The van der Waals surface area contributed by atoms with Crippen LogP contribution in [0.1, 0.15) is 13.3 Å². The van der Waals surface area contributed by atoms with Crippen LogP contribution in [0.15, 0.2) is 0 Å². The van der Waals surface area contributed by atoms with E-state index in [1.807, 2.05) is 18.9 Å². The van der Waals surface area contributed by atoms with Gasteiger partial charge in [0.15, 0.2) is 0 Å². The van der Waals surface area contributed by atoms with Crippen LogP contribution in [-0.2, 0) is 4.79 Å². The Hall–Kier alpha value is -0.610. The van der Waals surface area contributed by atoms with E-state index >= 15 is 0 Å². The SMILES string of the molecule is CC1CCN(C)C(CN)C(=O)N1. The van der Waals surface area contributed by atoms with E-state index in [0.29, 0.717) is 6.54 Å². The zero-order valence-electron chi connectivity index (χ0n) is 7.71. The van der Waals surface area contributed by atoms with E-state index in [1.54, 1.807) is 0 Å². The lowest BCUT2D eigenvalue weighted by molar-refractivity contribution is -0.125. The van der Waals surface area contributed by atoms with E-state index in [4.69, 9.17) is 5.73 Å². The van der Waals surface area contributed by atoms with Crippen molar-refractivity contribution >= 4 is 5.91 Å². The van der Waals surface area contributed by atoms with Crippen molar-refractivity contribution in [2.24, 2.45) is 5.73 Å². The summed E-state index contributed by atoms with van der Waals surface area (Å²) in [7, 11) is 1.94. The van der Waals surface area contributed by atoms with Crippen LogP contribution >= 0.6 is 0 Å². The van der Waals surface area contributed by atoms with Crippen LogP contribution in [0.3, 0.4) is 0 Å². The summed E-state index contributed by atoms with van der Waals surface area (Å²) in [5.74, 6) is 0.0602. The van der Waals surface area contributed by atoms with E-state index in [-0.39, 0.29) is 18.0 Å². The molecule has 0 radical (unpaired) electrons. The molecule has 0 bridgehead atoms. The van der Waals surface area contributed by atoms with Crippen molar-refractivity contribution < 1.29 is 4.79 Å². The largest absolute Gasteiger partial charge is 0.352 e. The number of nitrogens with one attached hydrogen (secondary N) is 1. The van der Waals surface area contributed by atoms with Gasteiger partial charge in [0.05, 0.1) is 0 Å². The predicted molar refractivity (Wildman–Crippen MR) is 47.7 cm³/mol. The van der Waals surface area contributed by atoms with Crippen molar-refractivity contribution in [2.45, 2.75) is 25.4 Å². The molecule has 4 nitrogen and oxygen atoms in total. The third-order valence-electron chi connectivity index (χ3n) is 2.36. The van der Waals surface area contributed by atoms with Crippen molar-refractivity contribution in [3.05, 3.63) is 0 Å². The number of carbonyl (C=O) groups is 1. The molecule has 2 unspecified atom stereocenters. The number of rotatable bonds is 1. The van der Waals surface area contributed by atoms with Gasteiger partial charge in [0, 0.05) is 19.1 Å². The summed E-state index contributed by atoms with van der Waals surface area (Å²) >= 11 is 0. The first-order valence-corrected chi connectivity index (χ1v) is 4.36. The molecule has 70 valence electrons. The van der Waals surface area contributed by atoms with Crippen molar-refractivity contribution in [1.82, 2.24) is 10.2 Å². The maximum Gasteiger partial charge on any atom is 0.238 e. The molecule has 2 atom stereocenters. The van der Waals surface area contributed by atoms with Gasteiger partial charge < -0.3 is 11.1 Å². The van der Waals surface area contributed by atoms with Gasteiger partial charge in [-0.25, -0.2) is 0 Å². The summed E-state index contributed by atoms with van der Waals surface area (Å²) in [6.07, 6.45) is 0.999. The Morgan fingerprint density at radius 1 is 1.75 bits per heavy atom. The number of amides is 1. The summed E-state index contributed by atoms with van der Waals surface area (Å²) in [5, 5.41) is 2.91. The lowest BCUT2D eigenvalue weighted by atomic mass is 10.2. The fourth-order valence-corrected chi connectivity index (χ4v) is 1.45. The minimum absolute atomic E-state index is 0.0602. The van der Waals surface area contributed by atoms with Crippen LogP contribution in [0.4, 0.5) is 0 Å². The van der Waals surface area contributed by atoms with Gasteiger partial charge in [0.25, 0.3) is 0 Å². The summed E-state index contributed by atoms with van der Waals surface area (Å²) < 4.78 is 0. The summed E-state index contributed by atoms with van der Waals surface area (Å²) in [5.41, 5.74) is 5.50. The molecular weight excluding hydrogens is 154 g/mol. The van der Waals surface area contributed by atoms with Crippen LogP contribution in [0, 0.1) is 0 Å². The van der Waals surface area contributed by atoms with Crippen molar-refractivity contribution in [2.75, 3.05) is 20.1 Å². The number of carbonyl (C=O) groups excluding carboxylic acids is 1. The molecule has 1 fully saturated rings. The van der Waals surface area contributed by atoms with Gasteiger partial charge in [0.1, 0.15) is 6.04 Å². The molecule has 1 saturated heterocycles. The lowest BCUT2D eigenvalue weighted by Crippen LogP contribution is -2.47. The minimum Gasteiger partial charge on any atom is -0.352 e. The zero-order valence-corrected chi connectivity index (χ0v) is 7.71. The third kappa shape index (κ3) is 1.95. The second kappa shape index (κ2) is 3.87. The van der Waals surface area contributed by atoms with Crippen LogP contribution in [0.25, 0.3) is 0 Å². The normalized spacial score (nSPS) is 32.8. The standard InChI is InChI=1S/C8H17N3O/c1-6-3-4-11(2)7(5-9)8(12)10-6/h6-7H,3-5,9H2,1-2H3,(H,10,12). The monoisotopic (exact) mass is 171 g/mol. The minimum atomic E-state index is -0.144. The smallest absolute Gasteiger partial charge is 0.238 e. The summed E-state index contributed by atoms with van der Waals surface area (Å²) in [6, 6.07) is 0.131. The molecule has 1 rings (SSSR count). The zero-order chi connectivity index (χ0) is 9.14. The van der Waals surface area contributed by atoms with Crippen LogP contribution in [0.2, 0.25) is 0 Å². The van der Waals surface area contributed by atoms with Crippen LogP contribution in [0.5, 0.6) is 0 Å². The van der Waals surface area contributed by atoms with E-state index in [9.17, 15) is 4.79 Å². The Kier molecular flexibility index (Phi) is 3.05. The first-order valence-electron chi connectivity index (χ1n) is 4.36. The Labute approximate surface area is 73.1 Å². The highest BCUT2D eigenvalue weighted by atomic mass is 16.2. The van der Waals surface area contributed by atoms with E-state index in [1.165, 1.54) is 0 Å². The molecule has 12 heavy (non-hydrogen) atoms. The maximum absolute atomic E-state index is 11.4. The van der Waals surface area contributed by atoms with Crippen LogP contribution in [-0.4, -0.2) is 43.0 Å². The Morgan fingerprint density at radius 3 is 3.00 bits per heavy atom. The number of nitrogens with two attached hydrogens (primary N) is 1. The molecule has 0 spiro atoms. The highest BCUT2D eigenvalue weighted by molar-refractivity contribution is 5.82. The molecule has 1 heterocycles. The third-order valence-corrected chi connectivity index (χ3v) is 2.36. The van der Waals surface area contributed by atoms with Crippen molar-refractivity contribution in [3.8, 4) is 0 Å². The van der Waals surface area contributed by atoms with E-state index < -0.39 is 0 Å². The first-order chi connectivity index (χ1) is 5.65. The summed E-state index contributed by atoms with van der Waals surface area (Å²) in [4.78, 5) is 13.4. The lowest BCUT2D eigenvalue weighted by Gasteiger charge is -2.21. The molecule has 0 aromatic heterocycles. The predicted octanol–water partition coefficient (Wildman–Crippen LogP) is -0.846. The molecule has 1 amide bonds. The first kappa shape index (κ1) is 9.48. The van der Waals surface area contributed by atoms with Gasteiger partial charge in [0.2, 0.25) is 5.91 Å². The van der Waals surface area contributed by atoms with Gasteiger partial charge in [-0.3, -0.25) is 9.69 Å². The van der Waals surface area contributed by atoms with Gasteiger partial charge in [-0.15, -0.1) is 0 Å².